The van der Waals surface area contributed by atoms with Crippen LogP contribution in [0, 0.1) is 10.8 Å². The van der Waals surface area contributed by atoms with Gasteiger partial charge in [0.25, 0.3) is 5.56 Å². The summed E-state index contributed by atoms with van der Waals surface area (Å²) in [7, 11) is 0. The van der Waals surface area contributed by atoms with Gasteiger partial charge in [-0.3, -0.25) is 23.7 Å². The Morgan fingerprint density at radius 1 is 1.07 bits per heavy atom. The van der Waals surface area contributed by atoms with E-state index in [2.05, 4.69) is 4.98 Å². The van der Waals surface area contributed by atoms with Gasteiger partial charge in [0.2, 0.25) is 5.91 Å². The van der Waals surface area contributed by atoms with Crippen molar-refractivity contribution in [2.24, 2.45) is 10.8 Å². The molecule has 2 aliphatic rings. The summed E-state index contributed by atoms with van der Waals surface area (Å²) in [5.41, 5.74) is -2.31. The minimum absolute atomic E-state index is 0.0621. The predicted molar refractivity (Wildman–Crippen MR) is 96.6 cm³/mol. The van der Waals surface area contributed by atoms with Crippen LogP contribution in [0.3, 0.4) is 0 Å². The van der Waals surface area contributed by atoms with Crippen LogP contribution in [0.4, 0.5) is 0 Å². The van der Waals surface area contributed by atoms with Gasteiger partial charge in [0.1, 0.15) is 10.8 Å². The molecule has 1 saturated carbocycles. The number of rotatable bonds is 6. The number of hydrogen-bond donors (Lipinski definition) is 2. The van der Waals surface area contributed by atoms with Gasteiger partial charge in [-0.2, -0.15) is 0 Å². The van der Waals surface area contributed by atoms with Gasteiger partial charge in [-0.1, -0.05) is 12.1 Å². The Labute approximate surface area is 159 Å². The monoisotopic (exact) mass is 385 g/mol. The standard InChI is InChI=1S/C19H19N3O6/c23-14(22-9-18(16(25)26)8-19(18,10-22)17(27)28)6-3-7-21-11-20-13-5-2-1-4-12(13)15(21)24/h1-2,4-5,11H,3,6-10H2,(H,25,26)(H,27,28)/t18-,19+. The van der Waals surface area contributed by atoms with E-state index in [1.54, 1.807) is 24.3 Å². The number of aliphatic carboxylic acids is 2. The van der Waals surface area contributed by atoms with E-state index >= 15 is 0 Å². The van der Waals surface area contributed by atoms with E-state index in [0.29, 0.717) is 23.9 Å². The summed E-state index contributed by atoms with van der Waals surface area (Å²) in [4.78, 5) is 53.5. The minimum Gasteiger partial charge on any atom is -0.481 e. The third-order valence-electron chi connectivity index (χ3n) is 6.01. The van der Waals surface area contributed by atoms with Crippen LogP contribution in [0.1, 0.15) is 19.3 Å². The quantitative estimate of drug-likeness (QED) is 0.743. The van der Waals surface area contributed by atoms with E-state index in [1.807, 2.05) is 0 Å². The highest BCUT2D eigenvalue weighted by Gasteiger charge is 2.81. The van der Waals surface area contributed by atoms with Crippen LogP contribution in [0.25, 0.3) is 10.9 Å². The molecule has 1 aliphatic heterocycles. The molecule has 0 radical (unpaired) electrons. The molecule has 2 atom stereocenters. The van der Waals surface area contributed by atoms with Gasteiger partial charge in [0.15, 0.2) is 0 Å². The molecule has 146 valence electrons. The predicted octanol–water partition coefficient (Wildman–Crippen LogP) is 0.565. The van der Waals surface area contributed by atoms with E-state index in [0.717, 1.165) is 0 Å². The van der Waals surface area contributed by atoms with Crippen LogP contribution in [0.2, 0.25) is 0 Å². The number of aromatic nitrogens is 2. The molecule has 2 fully saturated rings. The zero-order chi connectivity index (χ0) is 20.1. The maximum Gasteiger partial charge on any atom is 0.312 e. The summed E-state index contributed by atoms with van der Waals surface area (Å²) in [5.74, 6) is -2.63. The third-order valence-corrected chi connectivity index (χ3v) is 6.01. The summed E-state index contributed by atoms with van der Waals surface area (Å²) in [5, 5.41) is 19.3. The summed E-state index contributed by atoms with van der Waals surface area (Å²) >= 11 is 0. The Hall–Kier alpha value is -3.23. The second-order valence-corrected chi connectivity index (χ2v) is 7.56. The molecule has 1 aromatic heterocycles. The molecule has 1 aromatic carbocycles. The Morgan fingerprint density at radius 2 is 1.71 bits per heavy atom. The van der Waals surface area contributed by atoms with Crippen LogP contribution in [-0.2, 0) is 20.9 Å². The molecule has 2 heterocycles. The van der Waals surface area contributed by atoms with Crippen molar-refractivity contribution >= 4 is 28.7 Å². The van der Waals surface area contributed by atoms with Gasteiger partial charge >= 0.3 is 11.9 Å². The summed E-state index contributed by atoms with van der Waals surface area (Å²) in [6.45, 7) is 0.139. The smallest absolute Gasteiger partial charge is 0.312 e. The van der Waals surface area contributed by atoms with Crippen LogP contribution < -0.4 is 5.56 Å². The van der Waals surface area contributed by atoms with Crippen molar-refractivity contribution < 1.29 is 24.6 Å². The molecule has 2 N–H and O–H groups in total. The van der Waals surface area contributed by atoms with Crippen molar-refractivity contribution in [1.82, 2.24) is 14.5 Å². The first-order valence-electron chi connectivity index (χ1n) is 8.99. The molecule has 1 amide bonds. The first kappa shape index (κ1) is 18.1. The maximum atomic E-state index is 12.5. The highest BCUT2D eigenvalue weighted by Crippen LogP contribution is 2.68. The molecular weight excluding hydrogens is 366 g/mol. The number of carbonyl (C=O) groups excluding carboxylic acids is 1. The summed E-state index contributed by atoms with van der Waals surface area (Å²) in [6.07, 6.45) is 1.98. The number of amides is 1. The van der Waals surface area contributed by atoms with E-state index in [1.165, 1.54) is 15.8 Å². The van der Waals surface area contributed by atoms with Crippen LogP contribution in [0.15, 0.2) is 35.4 Å². The molecule has 4 rings (SSSR count). The molecule has 1 saturated heterocycles. The zero-order valence-corrected chi connectivity index (χ0v) is 15.0. The number of piperidine rings is 1. The molecule has 1 aliphatic carbocycles. The first-order valence-corrected chi connectivity index (χ1v) is 8.99. The maximum absolute atomic E-state index is 12.5. The highest BCUT2D eigenvalue weighted by molar-refractivity contribution is 5.96. The lowest BCUT2D eigenvalue weighted by atomic mass is 9.97. The van der Waals surface area contributed by atoms with Gasteiger partial charge in [0, 0.05) is 26.1 Å². The zero-order valence-electron chi connectivity index (χ0n) is 15.0. The summed E-state index contributed by atoms with van der Waals surface area (Å²) < 4.78 is 1.44. The fourth-order valence-corrected chi connectivity index (χ4v) is 4.29. The van der Waals surface area contributed by atoms with Crippen molar-refractivity contribution in [3.05, 3.63) is 40.9 Å². The number of nitrogens with zero attached hydrogens (tertiary/aromatic N) is 3. The lowest BCUT2D eigenvalue weighted by molar-refractivity contribution is -0.151. The topological polar surface area (TPSA) is 130 Å². The van der Waals surface area contributed by atoms with Gasteiger partial charge < -0.3 is 15.1 Å². The SMILES string of the molecule is O=C(CCCn1cnc2ccccc2c1=O)N1C[C@@]2(C(=O)O)C[C@@]2(C(=O)O)C1. The lowest BCUT2D eigenvalue weighted by Crippen LogP contribution is -2.34. The second kappa shape index (κ2) is 6.15. The molecule has 0 unspecified atom stereocenters. The number of likely N-dealkylation sites (tertiary alicyclic amines) is 1. The number of fused-ring (bicyclic) bond motifs is 2. The van der Waals surface area contributed by atoms with Crippen molar-refractivity contribution in [2.45, 2.75) is 25.8 Å². The number of aryl methyl sites for hydroxylation is 1. The average Bonchev–Trinajstić information content (AvgIpc) is 3.21. The minimum atomic E-state index is -1.37. The number of carboxylic acids is 2. The lowest BCUT2D eigenvalue weighted by Gasteiger charge is -2.20. The van der Waals surface area contributed by atoms with Crippen molar-refractivity contribution in [1.29, 1.82) is 0 Å². The fourth-order valence-electron chi connectivity index (χ4n) is 4.29. The van der Waals surface area contributed by atoms with Crippen LogP contribution in [0.5, 0.6) is 0 Å². The van der Waals surface area contributed by atoms with E-state index in [9.17, 15) is 29.4 Å². The van der Waals surface area contributed by atoms with Crippen molar-refractivity contribution in [3.63, 3.8) is 0 Å². The molecule has 9 nitrogen and oxygen atoms in total. The van der Waals surface area contributed by atoms with E-state index in [-0.39, 0.29) is 37.4 Å². The molecule has 2 aromatic rings. The molecular formula is C19H19N3O6. The van der Waals surface area contributed by atoms with E-state index in [4.69, 9.17) is 0 Å². The third kappa shape index (κ3) is 2.49. The van der Waals surface area contributed by atoms with Crippen LogP contribution in [-0.4, -0.2) is 55.6 Å². The number of hydrogen-bond acceptors (Lipinski definition) is 5. The van der Waals surface area contributed by atoms with Gasteiger partial charge in [-0.15, -0.1) is 0 Å². The van der Waals surface area contributed by atoms with Crippen LogP contribution >= 0.6 is 0 Å². The number of carbonyl (C=O) groups is 3. The molecule has 28 heavy (non-hydrogen) atoms. The number of para-hydroxylation sites is 1. The van der Waals surface area contributed by atoms with E-state index < -0.39 is 22.8 Å². The Balaban J connectivity index is 1.40. The van der Waals surface area contributed by atoms with Gasteiger partial charge in [-0.05, 0) is 25.0 Å². The number of carboxylic acid groups (broad SMARTS) is 2. The first-order chi connectivity index (χ1) is 13.3. The largest absolute Gasteiger partial charge is 0.481 e. The Morgan fingerprint density at radius 3 is 2.36 bits per heavy atom. The number of benzene rings is 1. The molecule has 0 bridgehead atoms. The van der Waals surface area contributed by atoms with Gasteiger partial charge in [0.05, 0.1) is 17.2 Å². The Kier molecular flexibility index (Phi) is 3.99. The molecule has 9 heteroatoms. The average molecular weight is 385 g/mol. The second-order valence-electron chi connectivity index (χ2n) is 7.56. The van der Waals surface area contributed by atoms with Crippen molar-refractivity contribution in [3.8, 4) is 0 Å². The summed E-state index contributed by atoms with van der Waals surface area (Å²) in [6, 6.07) is 7.00. The Bertz CT molecular complexity index is 1040. The fraction of sp³-hybridized carbons (Fsp3) is 0.421. The highest BCUT2D eigenvalue weighted by atomic mass is 16.4. The normalized spacial score (nSPS) is 25.5. The van der Waals surface area contributed by atoms with Crippen molar-refractivity contribution in [2.75, 3.05) is 13.1 Å². The molecule has 0 spiro atoms. The van der Waals surface area contributed by atoms with Gasteiger partial charge in [-0.25, -0.2) is 4.98 Å².